The van der Waals surface area contributed by atoms with Gasteiger partial charge in [0.1, 0.15) is 7.14 Å². The highest BCUT2D eigenvalue weighted by atomic mass is 31.2. The Morgan fingerprint density at radius 2 is 0.662 bits per heavy atom. The van der Waals surface area contributed by atoms with Crippen LogP contribution in [0.15, 0.2) is 206 Å². The molecule has 1 heterocycles. The van der Waals surface area contributed by atoms with Gasteiger partial charge in [-0.2, -0.15) is 0 Å². The third kappa shape index (κ3) is 7.14. The number of hydrogen-bond donors (Lipinski definition) is 0. The molecule has 1 aliphatic rings. The SMILES string of the molecule is CP(C)(=O)c1c2ccccc2c(-c2ccc(C3(c4ccc(-c5nc(-c6ccccc6)nc(-c6c7ccccc7c(-c7ccccc7)c7ccccc67)n5)cc4)CCCCC3)cc2)c2ccccc12. The summed E-state index contributed by atoms with van der Waals surface area (Å²) in [4.78, 5) is 15.9. The molecular formula is C63H50N3OP. The first-order chi connectivity index (χ1) is 33.4. The van der Waals surface area contributed by atoms with Crippen molar-refractivity contribution in [1.29, 1.82) is 0 Å². The molecule has 68 heavy (non-hydrogen) atoms. The number of fused-ring (bicyclic) bond motifs is 4. The lowest BCUT2D eigenvalue weighted by Crippen LogP contribution is -2.30. The molecule has 1 aromatic heterocycles. The molecule has 0 atom stereocenters. The van der Waals surface area contributed by atoms with E-state index in [0.29, 0.717) is 17.5 Å². The van der Waals surface area contributed by atoms with Gasteiger partial charge in [-0.15, -0.1) is 0 Å². The molecule has 0 N–H and O–H groups in total. The lowest BCUT2D eigenvalue weighted by molar-refractivity contribution is 0.346. The second-order valence-electron chi connectivity index (χ2n) is 18.8. The fourth-order valence-electron chi connectivity index (χ4n) is 11.4. The summed E-state index contributed by atoms with van der Waals surface area (Å²) in [7, 11) is -2.59. The minimum atomic E-state index is -2.59. The molecular weight excluding hydrogens is 846 g/mol. The smallest absolute Gasteiger partial charge is 0.165 e. The third-order valence-corrected chi connectivity index (χ3v) is 16.0. The maximum absolute atomic E-state index is 13.9. The molecule has 0 radical (unpaired) electrons. The molecule has 0 saturated heterocycles. The van der Waals surface area contributed by atoms with E-state index in [2.05, 4.69) is 188 Å². The Bertz CT molecular complexity index is 3630. The molecule has 328 valence electrons. The monoisotopic (exact) mass is 895 g/mol. The largest absolute Gasteiger partial charge is 0.319 e. The third-order valence-electron chi connectivity index (χ3n) is 14.5. The van der Waals surface area contributed by atoms with Crippen LogP contribution in [-0.4, -0.2) is 28.3 Å². The van der Waals surface area contributed by atoms with Crippen LogP contribution < -0.4 is 5.30 Å². The highest BCUT2D eigenvalue weighted by Crippen LogP contribution is 2.49. The number of hydrogen-bond acceptors (Lipinski definition) is 4. The topological polar surface area (TPSA) is 55.7 Å². The molecule has 11 aromatic rings. The number of rotatable bonds is 8. The van der Waals surface area contributed by atoms with E-state index in [9.17, 15) is 4.57 Å². The normalized spacial score (nSPS) is 13.9. The molecule has 5 heteroatoms. The fourth-order valence-corrected chi connectivity index (χ4v) is 13.0. The Hall–Kier alpha value is -7.52. The van der Waals surface area contributed by atoms with E-state index >= 15 is 0 Å². The Labute approximate surface area is 397 Å². The molecule has 10 aromatic carbocycles. The number of nitrogens with zero attached hydrogens (tertiary/aromatic N) is 3. The summed E-state index contributed by atoms with van der Waals surface area (Å²) in [6, 6.07) is 73.8. The molecule has 0 amide bonds. The van der Waals surface area contributed by atoms with Crippen LogP contribution in [0.2, 0.25) is 0 Å². The van der Waals surface area contributed by atoms with Crippen LogP contribution in [0, 0.1) is 0 Å². The second-order valence-corrected chi connectivity index (χ2v) is 22.0. The Morgan fingerprint density at radius 1 is 0.338 bits per heavy atom. The highest BCUT2D eigenvalue weighted by Gasteiger charge is 2.36. The molecule has 0 bridgehead atoms. The average Bonchev–Trinajstić information content (AvgIpc) is 3.39. The van der Waals surface area contributed by atoms with Crippen molar-refractivity contribution in [3.8, 4) is 56.4 Å². The van der Waals surface area contributed by atoms with E-state index in [1.165, 1.54) is 52.6 Å². The minimum Gasteiger partial charge on any atom is -0.319 e. The van der Waals surface area contributed by atoms with Gasteiger partial charge in [0, 0.05) is 27.4 Å². The van der Waals surface area contributed by atoms with E-state index in [4.69, 9.17) is 15.0 Å². The van der Waals surface area contributed by atoms with E-state index in [1.807, 2.05) is 31.5 Å². The first-order valence-corrected chi connectivity index (χ1v) is 26.5. The summed E-state index contributed by atoms with van der Waals surface area (Å²) >= 11 is 0. The van der Waals surface area contributed by atoms with Crippen molar-refractivity contribution in [3.05, 3.63) is 217 Å². The summed E-state index contributed by atoms with van der Waals surface area (Å²) in [5.41, 5.74) is 10.2. The maximum atomic E-state index is 13.9. The molecule has 4 nitrogen and oxygen atoms in total. The van der Waals surface area contributed by atoms with Gasteiger partial charge in [-0.05, 0) is 103 Å². The van der Waals surface area contributed by atoms with Gasteiger partial charge in [-0.25, -0.2) is 15.0 Å². The molecule has 1 aliphatic carbocycles. The van der Waals surface area contributed by atoms with Crippen LogP contribution in [-0.2, 0) is 9.98 Å². The van der Waals surface area contributed by atoms with Crippen molar-refractivity contribution in [1.82, 2.24) is 15.0 Å². The van der Waals surface area contributed by atoms with E-state index in [0.717, 1.165) is 77.9 Å². The highest BCUT2D eigenvalue weighted by molar-refractivity contribution is 7.71. The molecule has 0 spiro atoms. The van der Waals surface area contributed by atoms with Crippen LogP contribution in [0.25, 0.3) is 99.5 Å². The molecule has 0 unspecified atom stereocenters. The van der Waals surface area contributed by atoms with E-state index in [1.54, 1.807) is 0 Å². The van der Waals surface area contributed by atoms with Crippen LogP contribution >= 0.6 is 7.14 Å². The van der Waals surface area contributed by atoms with Gasteiger partial charge in [0.2, 0.25) is 0 Å². The summed E-state index contributed by atoms with van der Waals surface area (Å²) in [6.45, 7) is 3.79. The van der Waals surface area contributed by atoms with Gasteiger partial charge >= 0.3 is 0 Å². The van der Waals surface area contributed by atoms with Crippen molar-refractivity contribution >= 4 is 55.5 Å². The van der Waals surface area contributed by atoms with Gasteiger partial charge < -0.3 is 4.57 Å². The van der Waals surface area contributed by atoms with Crippen molar-refractivity contribution < 1.29 is 4.57 Å². The zero-order chi connectivity index (χ0) is 45.8. The summed E-state index contributed by atoms with van der Waals surface area (Å²) < 4.78 is 13.9. The zero-order valence-corrected chi connectivity index (χ0v) is 39.3. The van der Waals surface area contributed by atoms with Crippen LogP contribution in [0.3, 0.4) is 0 Å². The molecule has 0 aliphatic heterocycles. The molecule has 1 saturated carbocycles. The molecule has 1 fully saturated rings. The first kappa shape index (κ1) is 41.9. The number of benzene rings is 10. The van der Waals surface area contributed by atoms with E-state index < -0.39 is 7.14 Å². The Kier molecular flexibility index (Phi) is 10.5. The Balaban J connectivity index is 0.976. The zero-order valence-electron chi connectivity index (χ0n) is 38.4. The van der Waals surface area contributed by atoms with Gasteiger partial charge in [0.15, 0.2) is 17.5 Å². The van der Waals surface area contributed by atoms with Crippen LogP contribution in [0.4, 0.5) is 0 Å². The lowest BCUT2D eigenvalue weighted by atomic mass is 9.65. The van der Waals surface area contributed by atoms with Crippen molar-refractivity contribution in [3.63, 3.8) is 0 Å². The maximum Gasteiger partial charge on any atom is 0.165 e. The first-order valence-electron chi connectivity index (χ1n) is 23.9. The van der Waals surface area contributed by atoms with Crippen molar-refractivity contribution in [2.24, 2.45) is 0 Å². The summed E-state index contributed by atoms with van der Waals surface area (Å²) in [5, 5.41) is 9.94. The predicted octanol–water partition coefficient (Wildman–Crippen LogP) is 16.3. The van der Waals surface area contributed by atoms with Gasteiger partial charge in [0.25, 0.3) is 0 Å². The summed E-state index contributed by atoms with van der Waals surface area (Å²) in [6.07, 6.45) is 5.77. The minimum absolute atomic E-state index is 0.127. The summed E-state index contributed by atoms with van der Waals surface area (Å²) in [5.74, 6) is 1.95. The molecule has 12 rings (SSSR count). The predicted molar refractivity (Wildman–Crippen MR) is 286 cm³/mol. The standard InChI is InChI=1S/C63H50N3OP/c1-68(2,67)59-54-30-16-14-28-52(54)57(53-29-15-17-31-55(53)59)43-32-36-46(37-33-43)63(40-18-5-19-41-63)47-38-34-45(35-39-47)61-64-60(44-22-8-4-9-23-44)65-62(66-61)58-50-26-12-10-24-48(50)56(42-20-6-3-7-21-42)49-25-11-13-27-51(49)58/h3-4,6-17,20-39H,5,18-19,40-41H2,1-2H3. The quantitative estimate of drug-likeness (QED) is 0.113. The lowest BCUT2D eigenvalue weighted by Gasteiger charge is -2.39. The van der Waals surface area contributed by atoms with Gasteiger partial charge in [-0.3, -0.25) is 0 Å². The van der Waals surface area contributed by atoms with Crippen LogP contribution in [0.1, 0.15) is 43.2 Å². The van der Waals surface area contributed by atoms with Gasteiger partial charge in [-0.1, -0.05) is 226 Å². The Morgan fingerprint density at radius 3 is 1.10 bits per heavy atom. The van der Waals surface area contributed by atoms with E-state index in [-0.39, 0.29) is 5.41 Å². The van der Waals surface area contributed by atoms with Crippen molar-refractivity contribution in [2.45, 2.75) is 37.5 Å². The second kappa shape index (κ2) is 17.0. The van der Waals surface area contributed by atoms with Crippen LogP contribution in [0.5, 0.6) is 0 Å². The number of aromatic nitrogens is 3. The van der Waals surface area contributed by atoms with Gasteiger partial charge in [0.05, 0.1) is 0 Å². The van der Waals surface area contributed by atoms with Crippen molar-refractivity contribution in [2.75, 3.05) is 13.3 Å². The average molecular weight is 896 g/mol. The fraction of sp³-hybridized carbons (Fsp3) is 0.127.